The molecule has 6 atom stereocenters. The molecule has 4 N–H and O–H groups in total. The molecule has 3 heterocycles. The highest BCUT2D eigenvalue weighted by Gasteiger charge is 2.72. The summed E-state index contributed by atoms with van der Waals surface area (Å²) in [5, 5.41) is 32.5. The van der Waals surface area contributed by atoms with Gasteiger partial charge in [-0.15, -0.1) is 0 Å². The van der Waals surface area contributed by atoms with Gasteiger partial charge in [-0.05, 0) is 92.3 Å². The van der Waals surface area contributed by atoms with E-state index >= 15 is 0 Å². The molecule has 240 valence electrons. The van der Waals surface area contributed by atoms with Gasteiger partial charge in [-0.3, -0.25) is 9.59 Å². The van der Waals surface area contributed by atoms with Crippen LogP contribution in [-0.4, -0.2) is 49.7 Å². The molecule has 2 saturated heterocycles. The van der Waals surface area contributed by atoms with E-state index in [1.54, 1.807) is 6.20 Å². The van der Waals surface area contributed by atoms with E-state index in [0.717, 1.165) is 41.9 Å². The Balaban J connectivity index is 1.17. The molecule has 2 saturated carbocycles. The van der Waals surface area contributed by atoms with Crippen LogP contribution < -0.4 is 5.32 Å². The summed E-state index contributed by atoms with van der Waals surface area (Å²) in [6.45, 7) is 4.12. The zero-order valence-corrected chi connectivity index (χ0v) is 26.8. The number of rotatable bonds is 7. The summed E-state index contributed by atoms with van der Waals surface area (Å²) >= 11 is 1.42. The number of thioether (sulfide) groups is 1. The van der Waals surface area contributed by atoms with Crippen LogP contribution in [0.4, 0.5) is 5.69 Å². The molecular weight excluding hydrogens is 616 g/mol. The van der Waals surface area contributed by atoms with Crippen molar-refractivity contribution in [3.8, 4) is 23.3 Å². The Morgan fingerprint density at radius 3 is 2.68 bits per heavy atom. The lowest BCUT2D eigenvalue weighted by Gasteiger charge is -2.56. The van der Waals surface area contributed by atoms with Crippen LogP contribution in [0.5, 0.6) is 11.5 Å². The highest BCUT2D eigenvalue weighted by atomic mass is 32.2. The van der Waals surface area contributed by atoms with Crippen LogP contribution in [0.15, 0.2) is 76.7 Å². The summed E-state index contributed by atoms with van der Waals surface area (Å²) in [7, 11) is 0. The minimum absolute atomic E-state index is 0.0444. The fourth-order valence-corrected chi connectivity index (χ4v) is 9.83. The maximum atomic E-state index is 14.6. The van der Waals surface area contributed by atoms with Gasteiger partial charge in [0.1, 0.15) is 22.7 Å². The first kappa shape index (κ1) is 31.0. The molecule has 8 rings (SSSR count). The molecule has 3 aliphatic carbocycles. The number of carbonyl (C=O) groups excluding carboxylic acids is 2. The number of carboxylic acids is 1. The van der Waals surface area contributed by atoms with Crippen LogP contribution in [0, 0.1) is 34.5 Å². The first-order valence-electron chi connectivity index (χ1n) is 15.7. The van der Waals surface area contributed by atoms with Gasteiger partial charge in [0.25, 0.3) is 0 Å². The lowest BCUT2D eigenvalue weighted by Crippen LogP contribution is -2.57. The van der Waals surface area contributed by atoms with E-state index in [2.05, 4.69) is 35.1 Å². The second-order valence-corrected chi connectivity index (χ2v) is 14.7. The van der Waals surface area contributed by atoms with Gasteiger partial charge in [-0.1, -0.05) is 42.8 Å². The molecule has 3 aromatic rings. The number of aromatic nitrogens is 1. The molecule has 2 aliphatic heterocycles. The third-order valence-corrected chi connectivity index (χ3v) is 11.5. The number of nitrogens with one attached hydrogen (secondary N) is 1. The fourth-order valence-electron chi connectivity index (χ4n) is 8.63. The van der Waals surface area contributed by atoms with Crippen molar-refractivity contribution in [3.05, 3.63) is 88.6 Å². The maximum absolute atomic E-state index is 14.6. The molecular formula is C37H34N2O7S. The Morgan fingerprint density at radius 2 is 1.94 bits per heavy atom. The maximum Gasteiger partial charge on any atom is 0.339 e. The Bertz CT molecular complexity index is 1920. The Labute approximate surface area is 276 Å². The van der Waals surface area contributed by atoms with E-state index in [-0.39, 0.29) is 47.4 Å². The number of amides is 1. The van der Waals surface area contributed by atoms with Crippen molar-refractivity contribution in [1.82, 2.24) is 4.98 Å². The Morgan fingerprint density at radius 1 is 1.11 bits per heavy atom. The van der Waals surface area contributed by atoms with E-state index < -0.39 is 34.4 Å². The molecule has 9 nitrogen and oxygen atoms in total. The van der Waals surface area contributed by atoms with Crippen LogP contribution >= 0.6 is 11.8 Å². The number of aromatic carboxylic acids is 1. The summed E-state index contributed by atoms with van der Waals surface area (Å²) in [6.07, 6.45) is 6.52. The van der Waals surface area contributed by atoms with E-state index in [1.165, 1.54) is 11.8 Å². The van der Waals surface area contributed by atoms with Crippen LogP contribution in [0.1, 0.15) is 67.6 Å². The van der Waals surface area contributed by atoms with E-state index in [1.807, 2.05) is 49.4 Å². The molecule has 1 amide bonds. The van der Waals surface area contributed by atoms with Gasteiger partial charge in [0.05, 0.1) is 16.6 Å². The number of hydrogen-bond acceptors (Lipinski definition) is 8. The first-order chi connectivity index (χ1) is 22.4. The second-order valence-electron chi connectivity index (χ2n) is 13.6. The number of anilines is 1. The third kappa shape index (κ3) is 5.28. The van der Waals surface area contributed by atoms with Gasteiger partial charge in [-0.25, -0.2) is 9.78 Å². The van der Waals surface area contributed by atoms with Gasteiger partial charge >= 0.3 is 5.97 Å². The van der Waals surface area contributed by atoms with Crippen molar-refractivity contribution in [2.45, 2.75) is 62.6 Å². The van der Waals surface area contributed by atoms with E-state index in [4.69, 9.17) is 4.74 Å². The fraction of sp³-hybridized carbons (Fsp3) is 0.351. The number of phenols is 2. The van der Waals surface area contributed by atoms with Gasteiger partial charge < -0.3 is 25.4 Å². The number of allylic oxidation sites excluding steroid dienone is 2. The predicted molar refractivity (Wildman–Crippen MR) is 175 cm³/mol. The number of ketones is 1. The molecule has 10 heteroatoms. The zero-order chi connectivity index (χ0) is 33.1. The average molecular weight is 651 g/mol. The number of Topliss-reactive ketones (excluding diaryl/α,β-unsaturated/α-hetero) is 1. The zero-order valence-electron chi connectivity index (χ0n) is 25.9. The molecule has 0 unspecified atom stereocenters. The number of carboxylic acid groups (broad SMARTS) is 1. The molecule has 4 fully saturated rings. The molecule has 1 spiro atoms. The Kier molecular flexibility index (Phi) is 7.45. The van der Waals surface area contributed by atoms with Crippen LogP contribution in [0.3, 0.4) is 0 Å². The molecule has 47 heavy (non-hydrogen) atoms. The number of benzene rings is 2. The largest absolute Gasteiger partial charge is 0.506 e. The molecule has 5 aliphatic rings. The van der Waals surface area contributed by atoms with Crippen LogP contribution in [0.25, 0.3) is 0 Å². The summed E-state index contributed by atoms with van der Waals surface area (Å²) in [5.74, 6) is 3.36. The minimum Gasteiger partial charge on any atom is -0.506 e. The highest BCUT2D eigenvalue weighted by molar-refractivity contribution is 8.04. The normalized spacial score (nSPS) is 29.9. The first-order valence-corrected chi connectivity index (χ1v) is 16.5. The number of hydrogen-bond donors (Lipinski definition) is 4. The van der Waals surface area contributed by atoms with Crippen LogP contribution in [0.2, 0.25) is 0 Å². The number of ether oxygens (including phenoxy) is 1. The van der Waals surface area contributed by atoms with Crippen LogP contribution in [-0.2, 0) is 14.3 Å². The lowest BCUT2D eigenvalue weighted by atomic mass is 9.51. The lowest BCUT2D eigenvalue weighted by molar-refractivity contribution is -0.169. The number of nitrogens with zero attached hydrogens (tertiary/aromatic N) is 1. The number of phenolic OH excluding ortho intramolecular Hbond substituents is 1. The molecule has 0 radical (unpaired) electrons. The van der Waals surface area contributed by atoms with Crippen molar-refractivity contribution in [2.24, 2.45) is 22.7 Å². The van der Waals surface area contributed by atoms with Crippen molar-refractivity contribution in [3.63, 3.8) is 0 Å². The second kappa shape index (κ2) is 11.3. The van der Waals surface area contributed by atoms with Gasteiger partial charge in [0.2, 0.25) is 5.91 Å². The Hall–Kier alpha value is -4.59. The average Bonchev–Trinajstić information content (AvgIpc) is 3.40. The highest BCUT2D eigenvalue weighted by Crippen LogP contribution is 2.72. The summed E-state index contributed by atoms with van der Waals surface area (Å²) in [6, 6.07) is 15.5. The smallest absolute Gasteiger partial charge is 0.339 e. The number of carbonyl (C=O) groups is 3. The predicted octanol–water partition coefficient (Wildman–Crippen LogP) is 6.15. The standard InChI is InChI=1S/C37H34N2O7S/c1-35(14-13-29(41)39-30-26(40)12-11-25(31(30)42)34(44)45)32-27-17-22-18-37(32,20-36(22,2)46-27)19-28(33(35)43)47-24-8-5-6-21(16-24)9-10-23-7-3-4-15-38-23/h3-8,11-12,15-16,19,22,27,32,40,42H,13-14,17-18,20H2,1-2H3,(H,39,41)(H,44,45)/t22-,27+,32+,35+,36+,37-/m1/s1. The van der Waals surface area contributed by atoms with Crippen molar-refractivity contribution >= 4 is 35.1 Å². The SMILES string of the molecule is C[C@]12C[C@@]34C=C(Sc5cccc(C#Cc6ccccn6)c5)C(=O)[C@@](C)(CCC(=O)Nc5c(O)ccc(C(=O)O)c5O)[C@@H]3[C@H](C[C@@H]1C4)O2. The third-order valence-electron chi connectivity index (χ3n) is 10.5. The summed E-state index contributed by atoms with van der Waals surface area (Å²) < 4.78 is 6.62. The molecule has 4 bridgehead atoms. The molecule has 1 aromatic heterocycles. The van der Waals surface area contributed by atoms with Crippen molar-refractivity contribution < 1.29 is 34.4 Å². The van der Waals surface area contributed by atoms with Gasteiger partial charge in [0.15, 0.2) is 11.5 Å². The topological polar surface area (TPSA) is 146 Å². The minimum atomic E-state index is -1.40. The summed E-state index contributed by atoms with van der Waals surface area (Å²) in [5.41, 5.74) is -0.761. The van der Waals surface area contributed by atoms with E-state index in [0.29, 0.717) is 16.5 Å². The van der Waals surface area contributed by atoms with E-state index in [9.17, 15) is 29.7 Å². The van der Waals surface area contributed by atoms with Crippen molar-refractivity contribution in [2.75, 3.05) is 5.32 Å². The quantitative estimate of drug-likeness (QED) is 0.175. The van der Waals surface area contributed by atoms with Gasteiger partial charge in [-0.2, -0.15) is 0 Å². The summed E-state index contributed by atoms with van der Waals surface area (Å²) in [4.78, 5) is 45.1. The number of pyridine rings is 1. The monoisotopic (exact) mass is 650 g/mol. The molecule has 2 aromatic carbocycles. The van der Waals surface area contributed by atoms with Gasteiger partial charge in [0, 0.05) is 34.4 Å². The number of aromatic hydroxyl groups is 2. The van der Waals surface area contributed by atoms with Crippen molar-refractivity contribution in [1.29, 1.82) is 0 Å².